The van der Waals surface area contributed by atoms with E-state index in [-0.39, 0.29) is 11.7 Å². The fourth-order valence-electron chi connectivity index (χ4n) is 3.36. The highest BCUT2D eigenvalue weighted by atomic mass is 32.2. The van der Waals surface area contributed by atoms with Crippen LogP contribution in [0.2, 0.25) is 0 Å². The van der Waals surface area contributed by atoms with Crippen molar-refractivity contribution >= 4 is 45.4 Å². The maximum atomic E-state index is 12.5. The van der Waals surface area contributed by atoms with Crippen molar-refractivity contribution in [1.82, 2.24) is 15.3 Å². The average Bonchev–Trinajstić information content (AvgIpc) is 3.19. The van der Waals surface area contributed by atoms with Crippen LogP contribution >= 0.6 is 11.8 Å². The Morgan fingerprint density at radius 2 is 1.90 bits per heavy atom. The summed E-state index contributed by atoms with van der Waals surface area (Å²) in [5, 5.41) is 5.64. The molecule has 152 valence electrons. The van der Waals surface area contributed by atoms with Crippen LogP contribution in [0.3, 0.4) is 0 Å². The molecule has 7 heteroatoms. The Balaban J connectivity index is 1.42. The number of esters is 1. The summed E-state index contributed by atoms with van der Waals surface area (Å²) in [6.07, 6.45) is 2.21. The summed E-state index contributed by atoms with van der Waals surface area (Å²) in [4.78, 5) is 32.5. The smallest absolute Gasteiger partial charge is 0.328 e. The number of aromatic nitrogens is 2. The van der Waals surface area contributed by atoms with Crippen LogP contribution in [0, 0.1) is 0 Å². The number of rotatable bonds is 7. The Morgan fingerprint density at radius 1 is 1.10 bits per heavy atom. The first kappa shape index (κ1) is 20.0. The Kier molecular flexibility index (Phi) is 5.99. The number of fused-ring (bicyclic) bond motifs is 2. The quantitative estimate of drug-likeness (QED) is 0.352. The lowest BCUT2D eigenvalue weighted by atomic mass is 10.0. The van der Waals surface area contributed by atoms with Gasteiger partial charge in [-0.2, -0.15) is 0 Å². The lowest BCUT2D eigenvalue weighted by Crippen LogP contribution is -2.43. The van der Waals surface area contributed by atoms with Gasteiger partial charge in [-0.05, 0) is 23.8 Å². The molecule has 4 rings (SSSR count). The monoisotopic (exact) mass is 419 g/mol. The zero-order valence-electron chi connectivity index (χ0n) is 16.4. The maximum Gasteiger partial charge on any atom is 0.328 e. The molecule has 0 aliphatic rings. The first-order valence-corrected chi connectivity index (χ1v) is 10.5. The lowest BCUT2D eigenvalue weighted by molar-refractivity contribution is -0.144. The number of hydrogen-bond donors (Lipinski definition) is 2. The number of nitrogens with zero attached hydrogens (tertiary/aromatic N) is 1. The molecule has 0 saturated carbocycles. The van der Waals surface area contributed by atoms with Crippen LogP contribution in [0.15, 0.2) is 71.9 Å². The highest BCUT2D eigenvalue weighted by molar-refractivity contribution is 7.99. The molecule has 2 N–H and O–H groups in total. The van der Waals surface area contributed by atoms with E-state index in [1.54, 1.807) is 0 Å². The Labute approximate surface area is 178 Å². The fraction of sp³-hybridized carbons (Fsp3) is 0.174. The minimum absolute atomic E-state index is 0.159. The number of benzene rings is 2. The van der Waals surface area contributed by atoms with Gasteiger partial charge in [-0.1, -0.05) is 54.2 Å². The zero-order valence-corrected chi connectivity index (χ0v) is 17.2. The number of amides is 1. The summed E-state index contributed by atoms with van der Waals surface area (Å²) < 4.78 is 4.90. The van der Waals surface area contributed by atoms with E-state index in [0.29, 0.717) is 6.42 Å². The highest BCUT2D eigenvalue weighted by Crippen LogP contribution is 2.21. The van der Waals surface area contributed by atoms with E-state index < -0.39 is 12.0 Å². The van der Waals surface area contributed by atoms with E-state index in [9.17, 15) is 9.59 Å². The summed E-state index contributed by atoms with van der Waals surface area (Å²) in [5.41, 5.74) is 2.82. The summed E-state index contributed by atoms with van der Waals surface area (Å²) in [7, 11) is 1.32. The Morgan fingerprint density at radius 3 is 2.77 bits per heavy atom. The minimum Gasteiger partial charge on any atom is -0.467 e. The third kappa shape index (κ3) is 4.46. The zero-order chi connectivity index (χ0) is 20.9. The number of para-hydroxylation sites is 2. The van der Waals surface area contributed by atoms with Crippen LogP contribution < -0.4 is 5.32 Å². The van der Waals surface area contributed by atoms with Gasteiger partial charge < -0.3 is 15.0 Å². The van der Waals surface area contributed by atoms with Gasteiger partial charge in [0.1, 0.15) is 6.04 Å². The molecule has 2 aromatic heterocycles. The van der Waals surface area contributed by atoms with E-state index in [2.05, 4.69) is 15.3 Å². The third-order valence-corrected chi connectivity index (χ3v) is 5.77. The van der Waals surface area contributed by atoms with E-state index in [1.807, 2.05) is 66.9 Å². The molecule has 2 aromatic carbocycles. The fourth-order valence-corrected chi connectivity index (χ4v) is 4.05. The average molecular weight is 420 g/mol. The molecule has 1 atom stereocenters. The number of methoxy groups -OCH3 is 1. The van der Waals surface area contributed by atoms with Crippen molar-refractivity contribution in [1.29, 1.82) is 0 Å². The normalized spacial score (nSPS) is 12.0. The number of H-pyrrole nitrogens is 1. The van der Waals surface area contributed by atoms with Gasteiger partial charge in [0, 0.05) is 28.9 Å². The number of carbonyl (C=O) groups excluding carboxylic acids is 2. The molecule has 0 radical (unpaired) electrons. The van der Waals surface area contributed by atoms with E-state index in [1.165, 1.54) is 18.9 Å². The van der Waals surface area contributed by atoms with Gasteiger partial charge in [-0.15, -0.1) is 0 Å². The van der Waals surface area contributed by atoms with E-state index in [4.69, 9.17) is 4.74 Å². The van der Waals surface area contributed by atoms with Crippen LogP contribution in [0.5, 0.6) is 0 Å². The van der Waals surface area contributed by atoms with Crippen molar-refractivity contribution in [2.24, 2.45) is 0 Å². The predicted octanol–water partition coefficient (Wildman–Crippen LogP) is 3.71. The number of hydrogen-bond acceptors (Lipinski definition) is 5. The van der Waals surface area contributed by atoms with Crippen LogP contribution in [0.1, 0.15) is 5.56 Å². The van der Waals surface area contributed by atoms with Crippen molar-refractivity contribution < 1.29 is 14.3 Å². The Hall–Kier alpha value is -3.32. The van der Waals surface area contributed by atoms with Crippen molar-refractivity contribution in [2.75, 3.05) is 12.9 Å². The molecule has 30 heavy (non-hydrogen) atoms. The summed E-state index contributed by atoms with van der Waals surface area (Å²) in [5.74, 6) is -0.556. The van der Waals surface area contributed by atoms with E-state index >= 15 is 0 Å². The summed E-state index contributed by atoms with van der Waals surface area (Å²) >= 11 is 1.33. The summed E-state index contributed by atoms with van der Waals surface area (Å²) in [6, 6.07) is 18.8. The van der Waals surface area contributed by atoms with Crippen LogP contribution in [0.4, 0.5) is 0 Å². The number of ether oxygens (including phenoxy) is 1. The molecule has 0 aliphatic carbocycles. The van der Waals surface area contributed by atoms with Gasteiger partial charge in [0.2, 0.25) is 5.91 Å². The molecule has 2 heterocycles. The third-order valence-electron chi connectivity index (χ3n) is 4.84. The topological polar surface area (TPSA) is 84.1 Å². The number of pyridine rings is 1. The van der Waals surface area contributed by atoms with Gasteiger partial charge in [0.05, 0.1) is 23.4 Å². The molecular weight excluding hydrogens is 398 g/mol. The molecule has 0 bridgehead atoms. The van der Waals surface area contributed by atoms with Crippen molar-refractivity contribution in [3.63, 3.8) is 0 Å². The maximum absolute atomic E-state index is 12.5. The van der Waals surface area contributed by atoms with Crippen molar-refractivity contribution in [2.45, 2.75) is 17.5 Å². The second kappa shape index (κ2) is 9.00. The number of aromatic amines is 1. The van der Waals surface area contributed by atoms with Crippen LogP contribution in [-0.2, 0) is 20.7 Å². The first-order chi connectivity index (χ1) is 14.6. The molecule has 1 amide bonds. The SMILES string of the molecule is COC(=O)[C@H](Cc1c[nH]c2ccccc12)NC(=O)CSc1ccc2ccccc2n1. The van der Waals surface area contributed by atoms with Gasteiger partial charge >= 0.3 is 5.97 Å². The molecular formula is C23H21N3O3S. The molecule has 6 nitrogen and oxygen atoms in total. The predicted molar refractivity (Wildman–Crippen MR) is 118 cm³/mol. The Bertz CT molecular complexity index is 1200. The van der Waals surface area contributed by atoms with Gasteiger partial charge in [-0.25, -0.2) is 9.78 Å². The van der Waals surface area contributed by atoms with Crippen LogP contribution in [0.25, 0.3) is 21.8 Å². The molecule has 4 aromatic rings. The van der Waals surface area contributed by atoms with Gasteiger partial charge in [0.25, 0.3) is 0 Å². The minimum atomic E-state index is -0.758. The second-order valence-corrected chi connectivity index (χ2v) is 7.83. The lowest BCUT2D eigenvalue weighted by Gasteiger charge is -2.16. The summed E-state index contributed by atoms with van der Waals surface area (Å²) in [6.45, 7) is 0. The highest BCUT2D eigenvalue weighted by Gasteiger charge is 2.23. The van der Waals surface area contributed by atoms with E-state index in [0.717, 1.165) is 32.4 Å². The molecule has 0 unspecified atom stereocenters. The molecule has 0 fully saturated rings. The standard InChI is InChI=1S/C23H21N3O3S/c1-29-23(28)20(12-16-13-24-19-9-5-3-7-17(16)19)25-21(27)14-30-22-11-10-15-6-2-4-8-18(15)26-22/h2-11,13,20,24H,12,14H2,1H3,(H,25,27)/t20-/m0/s1. The van der Waals surface area contributed by atoms with Gasteiger partial charge in [-0.3, -0.25) is 4.79 Å². The second-order valence-electron chi connectivity index (χ2n) is 6.84. The molecule has 0 aliphatic heterocycles. The van der Waals surface area contributed by atoms with Crippen molar-refractivity contribution in [3.8, 4) is 0 Å². The van der Waals surface area contributed by atoms with Crippen molar-refractivity contribution in [3.05, 3.63) is 72.4 Å². The number of thioether (sulfide) groups is 1. The largest absolute Gasteiger partial charge is 0.467 e. The molecule has 0 spiro atoms. The molecule has 0 saturated heterocycles. The first-order valence-electron chi connectivity index (χ1n) is 9.55. The number of nitrogens with one attached hydrogen (secondary N) is 2. The van der Waals surface area contributed by atoms with Crippen LogP contribution in [-0.4, -0.2) is 40.7 Å². The van der Waals surface area contributed by atoms with Gasteiger partial charge in [0.15, 0.2) is 0 Å². The number of carbonyl (C=O) groups is 2.